The van der Waals surface area contributed by atoms with Crippen molar-refractivity contribution in [2.24, 2.45) is 5.92 Å². The Morgan fingerprint density at radius 3 is 2.74 bits per heavy atom. The molecule has 5 heteroatoms. The van der Waals surface area contributed by atoms with Crippen LogP contribution in [0.15, 0.2) is 29.2 Å². The van der Waals surface area contributed by atoms with Crippen molar-refractivity contribution in [3.05, 3.63) is 45.8 Å². The summed E-state index contributed by atoms with van der Waals surface area (Å²) < 4.78 is 0. The largest absolute Gasteiger partial charge is 0.353 e. The van der Waals surface area contributed by atoms with E-state index < -0.39 is 0 Å². The highest BCUT2D eigenvalue weighted by Gasteiger charge is 2.32. The molecule has 3 nitrogen and oxygen atoms in total. The second-order valence-corrected chi connectivity index (χ2v) is 8.36. The smallest absolute Gasteiger partial charge is 0.256 e. The molecule has 1 amide bonds. The Morgan fingerprint density at radius 2 is 2.00 bits per heavy atom. The van der Waals surface area contributed by atoms with Gasteiger partial charge in [-0.25, -0.2) is 0 Å². The zero-order chi connectivity index (χ0) is 16.0. The molecule has 1 aliphatic heterocycles. The molecule has 2 N–H and O–H groups in total. The molecule has 2 aromatic rings. The van der Waals surface area contributed by atoms with E-state index in [-0.39, 0.29) is 12.1 Å². The summed E-state index contributed by atoms with van der Waals surface area (Å²) in [6.45, 7) is 2.30. The van der Waals surface area contributed by atoms with Gasteiger partial charge in [0.2, 0.25) is 0 Å². The number of benzene rings is 1. The minimum absolute atomic E-state index is 0.0738. The van der Waals surface area contributed by atoms with E-state index in [9.17, 15) is 4.79 Å². The number of rotatable bonds is 2. The van der Waals surface area contributed by atoms with E-state index in [1.807, 2.05) is 0 Å². The summed E-state index contributed by atoms with van der Waals surface area (Å²) in [6, 6.07) is 8.38. The van der Waals surface area contributed by atoms with Gasteiger partial charge in [-0.3, -0.25) is 4.79 Å². The fourth-order valence-corrected chi connectivity index (χ4v) is 5.27. The van der Waals surface area contributed by atoms with Crippen LogP contribution in [0.2, 0.25) is 0 Å². The molecule has 0 radical (unpaired) electrons. The van der Waals surface area contributed by atoms with Crippen LogP contribution in [0.25, 0.3) is 0 Å². The fourth-order valence-electron chi connectivity index (χ4n) is 3.43. The number of thiophene rings is 1. The van der Waals surface area contributed by atoms with E-state index in [1.54, 1.807) is 23.1 Å². The second kappa shape index (κ2) is 5.87. The van der Waals surface area contributed by atoms with E-state index in [2.05, 4.69) is 48.1 Å². The molecule has 0 spiro atoms. The van der Waals surface area contributed by atoms with Gasteiger partial charge in [0, 0.05) is 9.77 Å². The number of carbonyl (C=O) groups excluding carboxylic acids is 1. The Labute approximate surface area is 144 Å². The van der Waals surface area contributed by atoms with Gasteiger partial charge in [0.1, 0.15) is 11.2 Å². The van der Waals surface area contributed by atoms with Crippen LogP contribution in [-0.4, -0.2) is 12.2 Å². The maximum atomic E-state index is 12.7. The van der Waals surface area contributed by atoms with Gasteiger partial charge in [-0.05, 0) is 54.7 Å². The molecule has 1 aliphatic carbocycles. The predicted octanol–water partition coefficient (Wildman–Crippen LogP) is 4.45. The Morgan fingerprint density at radius 1 is 1.22 bits per heavy atom. The van der Waals surface area contributed by atoms with Crippen LogP contribution >= 0.6 is 23.1 Å². The Bertz CT molecular complexity index is 751. The number of hydrogen-bond acceptors (Lipinski definition) is 4. The zero-order valence-corrected chi connectivity index (χ0v) is 14.9. The number of amides is 1. The van der Waals surface area contributed by atoms with Crippen LogP contribution in [-0.2, 0) is 12.8 Å². The molecule has 1 aromatic heterocycles. The number of thioether (sulfide) groups is 1. The average molecular weight is 345 g/mol. The first kappa shape index (κ1) is 15.1. The van der Waals surface area contributed by atoms with Crippen molar-refractivity contribution in [3.63, 3.8) is 0 Å². The minimum atomic E-state index is -0.136. The quantitative estimate of drug-likeness (QED) is 0.791. The molecule has 2 heterocycles. The molecule has 0 bridgehead atoms. The summed E-state index contributed by atoms with van der Waals surface area (Å²) in [5, 5.41) is 7.70. The first-order valence-corrected chi connectivity index (χ1v) is 10.1. The lowest BCUT2D eigenvalue weighted by molar-refractivity contribution is 0.0935. The molecule has 0 saturated heterocycles. The summed E-state index contributed by atoms with van der Waals surface area (Å²) in [5.74, 6) is 0.797. The Kier molecular flexibility index (Phi) is 3.85. The summed E-state index contributed by atoms with van der Waals surface area (Å²) in [5.41, 5.74) is 3.28. The summed E-state index contributed by atoms with van der Waals surface area (Å²) in [7, 11) is 0. The van der Waals surface area contributed by atoms with E-state index >= 15 is 0 Å². The molecular weight excluding hydrogens is 324 g/mol. The van der Waals surface area contributed by atoms with Crippen molar-refractivity contribution < 1.29 is 4.79 Å². The molecule has 2 aliphatic rings. The third kappa shape index (κ3) is 2.66. The van der Waals surface area contributed by atoms with Crippen LogP contribution in [0, 0.1) is 5.92 Å². The monoisotopic (exact) mass is 344 g/mol. The van der Waals surface area contributed by atoms with E-state index in [0.29, 0.717) is 0 Å². The summed E-state index contributed by atoms with van der Waals surface area (Å²) in [4.78, 5) is 15.3. The van der Waals surface area contributed by atoms with Crippen molar-refractivity contribution in [2.75, 3.05) is 11.6 Å². The molecule has 4 rings (SSSR count). The maximum absolute atomic E-state index is 12.7. The molecule has 1 aromatic carbocycles. The van der Waals surface area contributed by atoms with E-state index in [4.69, 9.17) is 0 Å². The molecule has 0 saturated carbocycles. The third-order valence-corrected chi connectivity index (χ3v) is 6.67. The Hall–Kier alpha value is -1.46. The fraction of sp³-hybridized carbons (Fsp3) is 0.389. The minimum Gasteiger partial charge on any atom is -0.353 e. The highest BCUT2D eigenvalue weighted by atomic mass is 32.2. The SMILES string of the molecule is CSc1ccc([C@H]2NC(=O)c3c(sc4c3CC[C@H](C)C4)N2)cc1. The highest BCUT2D eigenvalue weighted by molar-refractivity contribution is 7.98. The van der Waals surface area contributed by atoms with Crippen LogP contribution in [0.4, 0.5) is 5.00 Å². The first-order valence-electron chi connectivity index (χ1n) is 8.01. The maximum Gasteiger partial charge on any atom is 0.256 e. The van der Waals surface area contributed by atoms with Crippen LogP contribution < -0.4 is 10.6 Å². The summed E-state index contributed by atoms with van der Waals surface area (Å²) >= 11 is 3.50. The van der Waals surface area contributed by atoms with Crippen LogP contribution in [0.3, 0.4) is 0 Å². The van der Waals surface area contributed by atoms with Crippen molar-refractivity contribution in [3.8, 4) is 0 Å². The van der Waals surface area contributed by atoms with Crippen molar-refractivity contribution in [2.45, 2.75) is 37.2 Å². The van der Waals surface area contributed by atoms with Gasteiger partial charge in [0.15, 0.2) is 0 Å². The van der Waals surface area contributed by atoms with Crippen LogP contribution in [0.5, 0.6) is 0 Å². The lowest BCUT2D eigenvalue weighted by Crippen LogP contribution is -2.38. The molecule has 0 unspecified atom stereocenters. The number of carbonyl (C=O) groups is 1. The number of hydrogen-bond donors (Lipinski definition) is 2. The standard InChI is InChI=1S/C18H20N2OS2/c1-10-3-8-13-14(9-10)23-18-15(13)17(21)19-16(20-18)11-4-6-12(22-2)7-5-11/h4-7,10,16,20H,3,8-9H2,1-2H3,(H,19,21)/t10-,16-/m0/s1. The molecule has 2 atom stereocenters. The normalized spacial score (nSPS) is 22.8. The average Bonchev–Trinajstić information content (AvgIpc) is 2.92. The third-order valence-electron chi connectivity index (χ3n) is 4.74. The van der Waals surface area contributed by atoms with Crippen molar-refractivity contribution >= 4 is 34.0 Å². The lowest BCUT2D eigenvalue weighted by Gasteiger charge is -2.27. The van der Waals surface area contributed by atoms with Gasteiger partial charge in [-0.15, -0.1) is 23.1 Å². The Balaban J connectivity index is 1.65. The zero-order valence-electron chi connectivity index (χ0n) is 13.3. The molecular formula is C18H20N2OS2. The lowest BCUT2D eigenvalue weighted by atomic mass is 9.88. The van der Waals surface area contributed by atoms with Gasteiger partial charge in [0.05, 0.1) is 5.56 Å². The van der Waals surface area contributed by atoms with Gasteiger partial charge >= 0.3 is 0 Å². The van der Waals surface area contributed by atoms with Crippen molar-refractivity contribution in [1.82, 2.24) is 5.32 Å². The number of anilines is 1. The summed E-state index contributed by atoms with van der Waals surface area (Å²) in [6.07, 6.45) is 5.25. The second-order valence-electron chi connectivity index (χ2n) is 6.38. The highest BCUT2D eigenvalue weighted by Crippen LogP contribution is 2.42. The molecule has 23 heavy (non-hydrogen) atoms. The van der Waals surface area contributed by atoms with Gasteiger partial charge in [-0.2, -0.15) is 0 Å². The van der Waals surface area contributed by atoms with Gasteiger partial charge in [0.25, 0.3) is 5.91 Å². The molecule has 120 valence electrons. The van der Waals surface area contributed by atoms with Crippen LogP contribution in [0.1, 0.15) is 45.9 Å². The topological polar surface area (TPSA) is 41.1 Å². The molecule has 0 fully saturated rings. The first-order chi connectivity index (χ1) is 11.2. The number of fused-ring (bicyclic) bond motifs is 3. The van der Waals surface area contributed by atoms with E-state index in [1.165, 1.54) is 21.8 Å². The van der Waals surface area contributed by atoms with Gasteiger partial charge < -0.3 is 10.6 Å². The number of nitrogens with one attached hydrogen (secondary N) is 2. The van der Waals surface area contributed by atoms with Gasteiger partial charge in [-0.1, -0.05) is 19.1 Å². The van der Waals surface area contributed by atoms with E-state index in [0.717, 1.165) is 34.9 Å². The van der Waals surface area contributed by atoms with Crippen molar-refractivity contribution in [1.29, 1.82) is 0 Å². The predicted molar refractivity (Wildman–Crippen MR) is 97.6 cm³/mol.